The molecule has 1 heterocycles. The van der Waals surface area contributed by atoms with Crippen molar-refractivity contribution in [3.05, 3.63) is 0 Å². The first kappa shape index (κ1) is 8.99. The Hall–Kier alpha value is -1.10. The Morgan fingerprint density at radius 1 is 1.67 bits per heavy atom. The van der Waals surface area contributed by atoms with Gasteiger partial charge in [0, 0.05) is 18.6 Å². The highest BCUT2D eigenvalue weighted by Crippen LogP contribution is 2.14. The lowest BCUT2D eigenvalue weighted by Gasteiger charge is -2.06. The van der Waals surface area contributed by atoms with Crippen molar-refractivity contribution in [1.82, 2.24) is 4.90 Å². The number of rotatable bonds is 1. The molecular formula is C6H6ClNO4. The minimum absolute atomic E-state index is 0.117. The summed E-state index contributed by atoms with van der Waals surface area (Å²) in [6.07, 6.45) is -1.15. The first-order chi connectivity index (χ1) is 5.52. The normalized spacial score (nSPS) is 23.2. The van der Waals surface area contributed by atoms with Gasteiger partial charge < -0.3 is 4.74 Å². The number of hydrogen-bond donors (Lipinski definition) is 0. The number of ether oxygens (including phenoxy) is 1. The van der Waals surface area contributed by atoms with Crippen molar-refractivity contribution in [3.63, 3.8) is 0 Å². The summed E-state index contributed by atoms with van der Waals surface area (Å²) in [5.41, 5.74) is -1.07. The van der Waals surface area contributed by atoms with Crippen LogP contribution in [0, 0.1) is 0 Å². The fraction of sp³-hybridized carbons (Fsp3) is 0.500. The van der Waals surface area contributed by atoms with Gasteiger partial charge in [-0.1, -0.05) is 0 Å². The van der Waals surface area contributed by atoms with Crippen LogP contribution in [0.15, 0.2) is 0 Å². The van der Waals surface area contributed by atoms with Crippen LogP contribution in [0.3, 0.4) is 0 Å². The Kier molecular flexibility index (Phi) is 2.32. The molecule has 0 bridgehead atoms. The van der Waals surface area contributed by atoms with E-state index in [1.807, 2.05) is 0 Å². The summed E-state index contributed by atoms with van der Waals surface area (Å²) in [6, 6.07) is 0. The first-order valence-corrected chi connectivity index (χ1v) is 3.56. The fourth-order valence-electron chi connectivity index (χ4n) is 0.926. The summed E-state index contributed by atoms with van der Waals surface area (Å²) in [7, 11) is 1.33. The molecule has 1 atom stereocenters. The maximum atomic E-state index is 11.0. The molecule has 0 aromatic heterocycles. The molecule has 12 heavy (non-hydrogen) atoms. The number of amides is 2. The van der Waals surface area contributed by atoms with Gasteiger partial charge in [0.1, 0.15) is 0 Å². The van der Waals surface area contributed by atoms with Gasteiger partial charge in [-0.2, -0.15) is 0 Å². The van der Waals surface area contributed by atoms with Gasteiger partial charge in [0.2, 0.25) is 5.91 Å². The average molecular weight is 192 g/mol. The molecule has 0 N–H and O–H groups in total. The van der Waals surface area contributed by atoms with Gasteiger partial charge in [0.05, 0.1) is 6.42 Å². The third-order valence-electron chi connectivity index (χ3n) is 1.58. The largest absolute Gasteiger partial charge is 0.440 e. The first-order valence-electron chi connectivity index (χ1n) is 3.19. The molecule has 1 fully saturated rings. The zero-order valence-electron chi connectivity index (χ0n) is 6.24. The summed E-state index contributed by atoms with van der Waals surface area (Å²) < 4.78 is 4.38. The molecule has 0 saturated carbocycles. The second-order valence-corrected chi connectivity index (χ2v) is 2.65. The van der Waals surface area contributed by atoms with Gasteiger partial charge in [-0.15, -0.1) is 0 Å². The van der Waals surface area contributed by atoms with Gasteiger partial charge in [-0.25, -0.2) is 4.79 Å². The molecule has 0 aromatic rings. The van der Waals surface area contributed by atoms with Gasteiger partial charge >= 0.3 is 5.43 Å². The molecule has 1 unspecified atom stereocenters. The molecule has 0 radical (unpaired) electrons. The van der Waals surface area contributed by atoms with E-state index in [4.69, 9.17) is 11.6 Å². The van der Waals surface area contributed by atoms with E-state index in [-0.39, 0.29) is 12.3 Å². The van der Waals surface area contributed by atoms with Gasteiger partial charge in [-0.05, 0) is 0 Å². The standard InChI is InChI=1S/C6H6ClNO4/c1-8-4(9)2-3(5(8)10)12-6(7)11/h3H,2H2,1H3. The number of carbonyl (C=O) groups is 3. The highest BCUT2D eigenvalue weighted by Gasteiger charge is 2.38. The van der Waals surface area contributed by atoms with E-state index in [0.29, 0.717) is 0 Å². The summed E-state index contributed by atoms with van der Waals surface area (Å²) in [4.78, 5) is 33.0. The zero-order chi connectivity index (χ0) is 9.30. The Morgan fingerprint density at radius 3 is 2.58 bits per heavy atom. The summed E-state index contributed by atoms with van der Waals surface area (Å²) in [5, 5.41) is 0. The van der Waals surface area contributed by atoms with Gasteiger partial charge in [0.15, 0.2) is 6.10 Å². The van der Waals surface area contributed by atoms with Crippen LogP contribution in [0.1, 0.15) is 6.42 Å². The highest BCUT2D eigenvalue weighted by atomic mass is 35.5. The lowest BCUT2D eigenvalue weighted by molar-refractivity contribution is -0.139. The summed E-state index contributed by atoms with van der Waals surface area (Å²) >= 11 is 4.88. The molecule has 0 spiro atoms. The molecule has 2 amide bonds. The minimum atomic E-state index is -1.07. The van der Waals surface area contributed by atoms with Crippen LogP contribution in [0.25, 0.3) is 0 Å². The molecule has 6 heteroatoms. The van der Waals surface area contributed by atoms with Crippen molar-refractivity contribution in [2.45, 2.75) is 12.5 Å². The molecule has 1 aliphatic heterocycles. The quantitative estimate of drug-likeness (QED) is 0.436. The predicted octanol–water partition coefficient (Wildman–Crippen LogP) is 0.119. The van der Waals surface area contributed by atoms with Crippen molar-refractivity contribution in [2.75, 3.05) is 7.05 Å². The molecule has 1 aliphatic rings. The number of likely N-dealkylation sites (N-methyl/N-ethyl adjacent to an activating group) is 1. The molecule has 1 saturated heterocycles. The maximum Gasteiger partial charge on any atom is 0.404 e. The van der Waals surface area contributed by atoms with Crippen molar-refractivity contribution in [3.8, 4) is 0 Å². The number of likely N-dealkylation sites (tertiary alicyclic amines) is 1. The van der Waals surface area contributed by atoms with Crippen LogP contribution < -0.4 is 0 Å². The predicted molar refractivity (Wildman–Crippen MR) is 38.5 cm³/mol. The van der Waals surface area contributed by atoms with Crippen molar-refractivity contribution in [1.29, 1.82) is 0 Å². The Morgan fingerprint density at radius 2 is 2.25 bits per heavy atom. The Labute approximate surface area is 73.2 Å². The summed E-state index contributed by atoms with van der Waals surface area (Å²) in [6.45, 7) is 0. The lowest BCUT2D eigenvalue weighted by Crippen LogP contribution is -2.29. The van der Waals surface area contributed by atoms with E-state index < -0.39 is 17.4 Å². The average Bonchev–Trinajstić information content (AvgIpc) is 2.17. The zero-order valence-corrected chi connectivity index (χ0v) is 7.00. The Balaban J connectivity index is 2.65. The van der Waals surface area contributed by atoms with E-state index in [1.165, 1.54) is 7.05 Å². The molecule has 66 valence electrons. The third-order valence-corrected chi connectivity index (χ3v) is 1.66. The highest BCUT2D eigenvalue weighted by molar-refractivity contribution is 6.61. The van der Waals surface area contributed by atoms with Crippen molar-refractivity contribution < 1.29 is 19.1 Å². The maximum absolute atomic E-state index is 11.0. The Bertz CT molecular complexity index is 250. The molecule has 0 aliphatic carbocycles. The van der Waals surface area contributed by atoms with Crippen molar-refractivity contribution in [2.24, 2.45) is 0 Å². The number of halogens is 1. The lowest BCUT2D eigenvalue weighted by atomic mass is 10.3. The second kappa shape index (κ2) is 3.10. The van der Waals surface area contributed by atoms with Gasteiger partial charge in [-0.3, -0.25) is 14.5 Å². The van der Waals surface area contributed by atoms with Crippen LogP contribution in [0.2, 0.25) is 0 Å². The van der Waals surface area contributed by atoms with E-state index in [9.17, 15) is 14.4 Å². The van der Waals surface area contributed by atoms with Crippen LogP contribution in [-0.4, -0.2) is 35.3 Å². The SMILES string of the molecule is CN1C(=O)CC(OC(=O)Cl)C1=O. The monoisotopic (exact) mass is 191 g/mol. The molecule has 5 nitrogen and oxygen atoms in total. The number of imide groups is 1. The topological polar surface area (TPSA) is 63.7 Å². The van der Waals surface area contributed by atoms with Crippen LogP contribution in [0.4, 0.5) is 4.79 Å². The van der Waals surface area contributed by atoms with Crippen LogP contribution in [-0.2, 0) is 14.3 Å². The summed E-state index contributed by atoms with van der Waals surface area (Å²) in [5.74, 6) is -0.906. The van der Waals surface area contributed by atoms with E-state index in [2.05, 4.69) is 4.74 Å². The fourth-order valence-corrected chi connectivity index (χ4v) is 1.03. The second-order valence-electron chi connectivity index (χ2n) is 2.34. The number of hydrogen-bond acceptors (Lipinski definition) is 4. The molecule has 1 rings (SSSR count). The van der Waals surface area contributed by atoms with Crippen LogP contribution >= 0.6 is 11.6 Å². The third kappa shape index (κ3) is 1.55. The van der Waals surface area contributed by atoms with Crippen LogP contribution in [0.5, 0.6) is 0 Å². The molecule has 0 aromatic carbocycles. The van der Waals surface area contributed by atoms with Crippen molar-refractivity contribution >= 4 is 28.8 Å². The minimum Gasteiger partial charge on any atom is -0.440 e. The van der Waals surface area contributed by atoms with Gasteiger partial charge in [0.25, 0.3) is 5.91 Å². The smallest absolute Gasteiger partial charge is 0.404 e. The van der Waals surface area contributed by atoms with E-state index >= 15 is 0 Å². The molecular weight excluding hydrogens is 186 g/mol. The van der Waals surface area contributed by atoms with E-state index in [1.54, 1.807) is 0 Å². The number of carbonyl (C=O) groups excluding carboxylic acids is 3. The number of nitrogens with zero attached hydrogens (tertiary/aromatic N) is 1. The van der Waals surface area contributed by atoms with E-state index in [0.717, 1.165) is 4.90 Å².